The van der Waals surface area contributed by atoms with Crippen molar-refractivity contribution in [1.82, 2.24) is 5.32 Å². The molecule has 0 spiro atoms. The lowest BCUT2D eigenvalue weighted by Crippen LogP contribution is -2.24. The van der Waals surface area contributed by atoms with Crippen molar-refractivity contribution in [2.24, 2.45) is 5.18 Å². The van der Waals surface area contributed by atoms with E-state index in [1.165, 1.54) is 0 Å². The maximum atomic E-state index is 12.1. The van der Waals surface area contributed by atoms with Gasteiger partial charge in [-0.25, -0.2) is 0 Å². The lowest BCUT2D eigenvalue weighted by atomic mass is 10.1. The van der Waals surface area contributed by atoms with Crippen LogP contribution >= 0.6 is 0 Å². The summed E-state index contributed by atoms with van der Waals surface area (Å²) >= 11 is 0. The molecule has 0 atom stereocenters. The van der Waals surface area contributed by atoms with Crippen LogP contribution in [0.2, 0.25) is 0 Å². The maximum absolute atomic E-state index is 12.1. The smallest absolute Gasteiger partial charge is 0.386 e. The fourth-order valence-electron chi connectivity index (χ4n) is 0.911. The van der Waals surface area contributed by atoms with Crippen LogP contribution in [0.5, 0.6) is 0 Å². The number of nitroso groups, excluding NO2 is 1. The van der Waals surface area contributed by atoms with Crippen molar-refractivity contribution < 1.29 is 18.0 Å². The Bertz CT molecular complexity index is 330. The normalized spacial score (nSPS) is 16.5. The highest BCUT2D eigenvalue weighted by Crippen LogP contribution is 2.28. The van der Waals surface area contributed by atoms with Crippen LogP contribution in [-0.2, 0) is 4.79 Å². The number of nitrogens with one attached hydrogen (secondary N) is 1. The molecule has 0 radical (unpaired) electrons. The van der Waals surface area contributed by atoms with E-state index in [1.54, 1.807) is 0 Å². The molecule has 0 aromatic carbocycles. The van der Waals surface area contributed by atoms with Gasteiger partial charge in [-0.3, -0.25) is 4.79 Å². The topological polar surface area (TPSA) is 58.5 Å². The molecule has 0 saturated carbocycles. The van der Waals surface area contributed by atoms with Gasteiger partial charge in [-0.05, 0) is 6.08 Å². The summed E-state index contributed by atoms with van der Waals surface area (Å²) in [6.07, 6.45) is -3.19. The van der Waals surface area contributed by atoms with Gasteiger partial charge in [0.1, 0.15) is 0 Å². The van der Waals surface area contributed by atoms with Crippen LogP contribution in [0.1, 0.15) is 0 Å². The molecule has 0 aromatic rings. The summed E-state index contributed by atoms with van der Waals surface area (Å²) in [5.74, 6) is -1.19. The van der Waals surface area contributed by atoms with E-state index in [-0.39, 0.29) is 12.1 Å². The largest absolute Gasteiger partial charge is 0.417 e. The molecule has 4 nitrogen and oxygen atoms in total. The number of allylic oxidation sites excluding steroid dienone is 2. The van der Waals surface area contributed by atoms with Gasteiger partial charge in [0.15, 0.2) is 0 Å². The Morgan fingerprint density at radius 1 is 1.50 bits per heavy atom. The monoisotopic (exact) mass is 206 g/mol. The zero-order valence-corrected chi connectivity index (χ0v) is 6.76. The molecule has 14 heavy (non-hydrogen) atoms. The Morgan fingerprint density at radius 2 is 2.14 bits per heavy atom. The summed E-state index contributed by atoms with van der Waals surface area (Å²) in [6.45, 7) is -0.121. The average Bonchev–Trinajstić information content (AvgIpc) is 2.15. The van der Waals surface area contributed by atoms with Crippen molar-refractivity contribution in [1.29, 1.82) is 0 Å². The van der Waals surface area contributed by atoms with Crippen molar-refractivity contribution >= 4 is 5.91 Å². The Kier molecular flexibility index (Phi) is 2.68. The molecule has 1 aliphatic rings. The highest BCUT2D eigenvalue weighted by Gasteiger charge is 2.34. The van der Waals surface area contributed by atoms with Crippen LogP contribution in [0.4, 0.5) is 13.2 Å². The maximum Gasteiger partial charge on any atom is 0.417 e. The second-order valence-corrected chi connectivity index (χ2v) is 2.54. The molecular formula is C7H5F3N2O2. The van der Waals surface area contributed by atoms with Crippen molar-refractivity contribution in [2.45, 2.75) is 6.18 Å². The lowest BCUT2D eigenvalue weighted by Gasteiger charge is -2.14. The Balaban J connectivity index is 2.94. The first-order valence-electron chi connectivity index (χ1n) is 3.54. The zero-order valence-electron chi connectivity index (χ0n) is 6.76. The Labute approximate surface area is 76.4 Å². The van der Waals surface area contributed by atoms with Crippen molar-refractivity contribution in [3.8, 4) is 0 Å². The van der Waals surface area contributed by atoms with Gasteiger partial charge in [-0.15, -0.1) is 4.91 Å². The highest BCUT2D eigenvalue weighted by atomic mass is 19.4. The van der Waals surface area contributed by atoms with E-state index in [9.17, 15) is 22.9 Å². The molecule has 0 bridgehead atoms. The minimum absolute atomic E-state index is 0.121. The van der Waals surface area contributed by atoms with Crippen LogP contribution in [-0.4, -0.2) is 18.6 Å². The molecule has 0 saturated heterocycles. The first-order valence-corrected chi connectivity index (χ1v) is 3.54. The molecule has 1 amide bonds. The fraction of sp³-hybridized carbons (Fsp3) is 0.286. The summed E-state index contributed by atoms with van der Waals surface area (Å²) < 4.78 is 36.3. The molecule has 0 unspecified atom stereocenters. The lowest BCUT2D eigenvalue weighted by molar-refractivity contribution is -0.114. The summed E-state index contributed by atoms with van der Waals surface area (Å²) in [7, 11) is 0. The second kappa shape index (κ2) is 3.60. The first-order chi connectivity index (χ1) is 6.45. The number of hydrogen-bond donors (Lipinski definition) is 1. The third kappa shape index (κ3) is 2.18. The standard InChI is InChI=1S/C7H5F3N2O2/c8-7(9,10)5-1-4(2-11-3-5)6(13)12-14/h1,3,11H,2H2. The predicted octanol–water partition coefficient (Wildman–Crippen LogP) is 1.26. The Morgan fingerprint density at radius 3 is 2.64 bits per heavy atom. The Hall–Kier alpha value is -1.66. The number of carbonyl (C=O) groups is 1. The molecule has 1 heterocycles. The SMILES string of the molecule is O=NC(=O)C1=CC(C(F)(F)F)=CNC1. The van der Waals surface area contributed by atoms with Gasteiger partial charge in [0, 0.05) is 23.5 Å². The van der Waals surface area contributed by atoms with Gasteiger partial charge in [0.25, 0.3) is 0 Å². The minimum Gasteiger partial charge on any atom is -0.386 e. The van der Waals surface area contributed by atoms with E-state index in [4.69, 9.17) is 0 Å². The number of hydrogen-bond acceptors (Lipinski definition) is 3. The zero-order chi connectivity index (χ0) is 10.8. The molecule has 1 rings (SSSR count). The minimum atomic E-state index is -4.54. The van der Waals surface area contributed by atoms with Crippen molar-refractivity contribution in [3.63, 3.8) is 0 Å². The number of carbonyl (C=O) groups excluding carboxylic acids is 1. The third-order valence-electron chi connectivity index (χ3n) is 1.56. The van der Waals surface area contributed by atoms with E-state index < -0.39 is 17.7 Å². The van der Waals surface area contributed by atoms with E-state index in [1.807, 2.05) is 5.18 Å². The number of rotatable bonds is 1. The van der Waals surface area contributed by atoms with E-state index >= 15 is 0 Å². The van der Waals surface area contributed by atoms with E-state index in [2.05, 4.69) is 5.32 Å². The van der Waals surface area contributed by atoms with Gasteiger partial charge in [0.05, 0.1) is 5.57 Å². The number of halogens is 3. The van der Waals surface area contributed by atoms with E-state index in [0.717, 1.165) is 6.20 Å². The summed E-state index contributed by atoms with van der Waals surface area (Å²) in [5, 5.41) is 4.27. The summed E-state index contributed by atoms with van der Waals surface area (Å²) in [6, 6.07) is 0. The van der Waals surface area contributed by atoms with Gasteiger partial charge in [-0.2, -0.15) is 13.2 Å². The molecule has 0 aliphatic carbocycles. The van der Waals surface area contributed by atoms with Crippen LogP contribution in [0.15, 0.2) is 28.6 Å². The van der Waals surface area contributed by atoms with Crippen molar-refractivity contribution in [2.75, 3.05) is 6.54 Å². The van der Waals surface area contributed by atoms with E-state index in [0.29, 0.717) is 6.08 Å². The van der Waals surface area contributed by atoms with Crippen LogP contribution in [0.25, 0.3) is 0 Å². The van der Waals surface area contributed by atoms with Crippen molar-refractivity contribution in [3.05, 3.63) is 28.3 Å². The first kappa shape index (κ1) is 10.4. The number of dihydropyridines is 1. The summed E-state index contributed by atoms with van der Waals surface area (Å²) in [5.41, 5.74) is -1.30. The average molecular weight is 206 g/mol. The molecule has 0 fully saturated rings. The third-order valence-corrected chi connectivity index (χ3v) is 1.56. The van der Waals surface area contributed by atoms with Crippen LogP contribution in [0.3, 0.4) is 0 Å². The van der Waals surface area contributed by atoms with Gasteiger partial charge < -0.3 is 5.32 Å². The highest BCUT2D eigenvalue weighted by molar-refractivity contribution is 5.95. The number of nitrogens with zero attached hydrogens (tertiary/aromatic N) is 1. The predicted molar refractivity (Wildman–Crippen MR) is 41.0 cm³/mol. The quantitative estimate of drug-likeness (QED) is 0.657. The van der Waals surface area contributed by atoms with Gasteiger partial charge >= 0.3 is 12.1 Å². The number of amides is 1. The molecule has 1 N–H and O–H groups in total. The van der Waals surface area contributed by atoms with Crippen LogP contribution in [0, 0.1) is 4.91 Å². The fourth-order valence-corrected chi connectivity index (χ4v) is 0.911. The van der Waals surface area contributed by atoms with Crippen LogP contribution < -0.4 is 5.32 Å². The van der Waals surface area contributed by atoms with Gasteiger partial charge in [-0.1, -0.05) is 0 Å². The van der Waals surface area contributed by atoms with Gasteiger partial charge in [0.2, 0.25) is 0 Å². The molecule has 76 valence electrons. The molecule has 1 aliphatic heterocycles. The summed E-state index contributed by atoms with van der Waals surface area (Å²) in [4.78, 5) is 20.4. The molecular weight excluding hydrogens is 201 g/mol. The molecule has 0 aromatic heterocycles. The number of alkyl halides is 3. The molecule has 7 heteroatoms. The second-order valence-electron chi connectivity index (χ2n) is 2.54.